The maximum atomic E-state index is 6.08. The summed E-state index contributed by atoms with van der Waals surface area (Å²) >= 11 is 12.2. The van der Waals surface area contributed by atoms with Gasteiger partial charge in [0.15, 0.2) is 0 Å². The molecule has 0 aliphatic heterocycles. The molecule has 0 atom stereocenters. The molecule has 1 N–H and O–H groups in total. The molecule has 1 radical (unpaired) electrons. The summed E-state index contributed by atoms with van der Waals surface area (Å²) in [4.78, 5) is 3.49. The monoisotopic (exact) mass is 310 g/mol. The average Bonchev–Trinajstić information content (AvgIpc) is 2.84. The molecule has 0 bridgehead atoms. The van der Waals surface area contributed by atoms with Crippen molar-refractivity contribution in [1.29, 1.82) is 0 Å². The molecule has 3 heteroatoms. The van der Waals surface area contributed by atoms with E-state index in [1.165, 1.54) is 10.8 Å². The van der Waals surface area contributed by atoms with E-state index >= 15 is 0 Å². The van der Waals surface area contributed by atoms with E-state index in [2.05, 4.69) is 41.4 Å². The van der Waals surface area contributed by atoms with Crippen LogP contribution in [0.3, 0.4) is 0 Å². The molecule has 0 saturated heterocycles. The minimum Gasteiger partial charge on any atom is -0.354 e. The van der Waals surface area contributed by atoms with E-state index in [0.717, 1.165) is 22.2 Å². The molecule has 21 heavy (non-hydrogen) atoms. The van der Waals surface area contributed by atoms with Gasteiger partial charge in [-0.15, -0.1) is 0 Å². The third kappa shape index (κ3) is 2.10. The largest absolute Gasteiger partial charge is 0.354 e. The van der Waals surface area contributed by atoms with E-state index in [1.807, 2.05) is 24.3 Å². The first-order chi connectivity index (χ1) is 10.2. The van der Waals surface area contributed by atoms with Gasteiger partial charge in [0.25, 0.3) is 0 Å². The fraction of sp³-hybridized carbons (Fsp3) is 0. The van der Waals surface area contributed by atoms with Crippen LogP contribution in [0.4, 0.5) is 0 Å². The Morgan fingerprint density at radius 2 is 1.52 bits per heavy atom. The van der Waals surface area contributed by atoms with Gasteiger partial charge in [0.2, 0.25) is 0 Å². The Bertz CT molecular complexity index is 949. The van der Waals surface area contributed by atoms with Crippen molar-refractivity contribution >= 4 is 45.0 Å². The molecule has 101 valence electrons. The van der Waals surface area contributed by atoms with Crippen LogP contribution in [0.1, 0.15) is 0 Å². The second kappa shape index (κ2) is 4.80. The molecule has 0 amide bonds. The Morgan fingerprint density at radius 1 is 0.810 bits per heavy atom. The molecule has 0 saturated carbocycles. The quantitative estimate of drug-likeness (QED) is 0.437. The summed E-state index contributed by atoms with van der Waals surface area (Å²) in [6.45, 7) is 0. The Hall–Kier alpha value is -1.96. The molecular weight excluding hydrogens is 301 g/mol. The lowest BCUT2D eigenvalue weighted by atomic mass is 10.0. The van der Waals surface area contributed by atoms with E-state index in [-0.39, 0.29) is 0 Å². The van der Waals surface area contributed by atoms with E-state index < -0.39 is 0 Å². The van der Waals surface area contributed by atoms with Crippen molar-refractivity contribution in [1.82, 2.24) is 4.98 Å². The number of para-hydroxylation sites is 2. The smallest absolute Gasteiger partial charge is 0.0544 e. The Balaban J connectivity index is 2.09. The van der Waals surface area contributed by atoms with E-state index in [9.17, 15) is 0 Å². The van der Waals surface area contributed by atoms with Crippen LogP contribution >= 0.6 is 23.2 Å². The minimum absolute atomic E-state index is 0.519. The molecule has 1 aromatic heterocycles. The van der Waals surface area contributed by atoms with Gasteiger partial charge in [-0.1, -0.05) is 59.6 Å². The molecule has 0 fully saturated rings. The van der Waals surface area contributed by atoms with E-state index in [0.29, 0.717) is 10.0 Å². The molecular formula is C18H10Cl2N. The molecule has 4 rings (SSSR count). The van der Waals surface area contributed by atoms with Crippen LogP contribution in [0.5, 0.6) is 0 Å². The maximum Gasteiger partial charge on any atom is 0.0544 e. The highest BCUT2D eigenvalue weighted by molar-refractivity contribution is 6.35. The first kappa shape index (κ1) is 12.8. The first-order valence-corrected chi connectivity index (χ1v) is 7.36. The van der Waals surface area contributed by atoms with Crippen LogP contribution in [0, 0.1) is 6.07 Å². The number of nitrogens with one attached hydrogen (secondary N) is 1. The predicted molar refractivity (Wildman–Crippen MR) is 90.1 cm³/mol. The number of aromatic amines is 1. The van der Waals surface area contributed by atoms with Crippen molar-refractivity contribution in [3.05, 3.63) is 70.7 Å². The summed E-state index contributed by atoms with van der Waals surface area (Å²) in [5, 5.41) is 3.45. The fourth-order valence-electron chi connectivity index (χ4n) is 2.77. The summed E-state index contributed by atoms with van der Waals surface area (Å²) in [6, 6.07) is 21.2. The predicted octanol–water partition coefficient (Wildman–Crippen LogP) is 6.10. The SMILES string of the molecule is Clc1[c]c(Cl)cc(-c2cccc3c2[nH]c2ccccc23)c1. The number of aromatic nitrogens is 1. The van der Waals surface area contributed by atoms with Gasteiger partial charge < -0.3 is 4.98 Å². The standard InChI is InChI=1S/C18H10Cl2N/c19-12-8-11(9-13(20)10-12)14-5-3-6-16-15-4-1-2-7-17(15)21-18(14)16/h1-9,21H. The van der Waals surface area contributed by atoms with Crippen LogP contribution in [-0.2, 0) is 0 Å². The van der Waals surface area contributed by atoms with Gasteiger partial charge in [-0.3, -0.25) is 0 Å². The number of H-pyrrole nitrogens is 1. The van der Waals surface area contributed by atoms with Crippen molar-refractivity contribution in [2.45, 2.75) is 0 Å². The number of fused-ring (bicyclic) bond motifs is 3. The van der Waals surface area contributed by atoms with Gasteiger partial charge in [0, 0.05) is 27.9 Å². The lowest BCUT2D eigenvalue weighted by Crippen LogP contribution is -1.81. The lowest BCUT2D eigenvalue weighted by Gasteiger charge is -2.05. The highest BCUT2D eigenvalue weighted by Gasteiger charge is 2.10. The summed E-state index contributed by atoms with van der Waals surface area (Å²) in [6.07, 6.45) is 0. The third-order valence-corrected chi connectivity index (χ3v) is 4.06. The van der Waals surface area contributed by atoms with Gasteiger partial charge in [0.05, 0.1) is 15.6 Å². The fourth-order valence-corrected chi connectivity index (χ4v) is 3.26. The number of hydrogen-bond acceptors (Lipinski definition) is 0. The number of hydrogen-bond donors (Lipinski definition) is 1. The highest BCUT2D eigenvalue weighted by Crippen LogP contribution is 2.34. The van der Waals surface area contributed by atoms with E-state index in [1.54, 1.807) is 0 Å². The molecule has 1 heterocycles. The molecule has 0 aliphatic carbocycles. The zero-order valence-electron chi connectivity index (χ0n) is 11.0. The van der Waals surface area contributed by atoms with Gasteiger partial charge in [-0.2, -0.15) is 0 Å². The van der Waals surface area contributed by atoms with Gasteiger partial charge in [-0.05, 0) is 23.8 Å². The second-order valence-electron chi connectivity index (χ2n) is 4.96. The highest BCUT2D eigenvalue weighted by atomic mass is 35.5. The summed E-state index contributed by atoms with van der Waals surface area (Å²) in [5.41, 5.74) is 4.29. The van der Waals surface area contributed by atoms with Crippen LogP contribution in [-0.4, -0.2) is 4.98 Å². The second-order valence-corrected chi connectivity index (χ2v) is 5.78. The maximum absolute atomic E-state index is 6.08. The summed E-state index contributed by atoms with van der Waals surface area (Å²) in [5.74, 6) is 0. The van der Waals surface area contributed by atoms with Crippen molar-refractivity contribution in [2.24, 2.45) is 0 Å². The number of halogens is 2. The van der Waals surface area contributed by atoms with Crippen molar-refractivity contribution < 1.29 is 0 Å². The summed E-state index contributed by atoms with van der Waals surface area (Å²) < 4.78 is 0. The van der Waals surface area contributed by atoms with Crippen molar-refractivity contribution in [3.8, 4) is 11.1 Å². The lowest BCUT2D eigenvalue weighted by molar-refractivity contribution is 1.53. The van der Waals surface area contributed by atoms with E-state index in [4.69, 9.17) is 23.2 Å². The van der Waals surface area contributed by atoms with Crippen molar-refractivity contribution in [2.75, 3.05) is 0 Å². The third-order valence-electron chi connectivity index (χ3n) is 3.66. The average molecular weight is 311 g/mol. The zero-order valence-corrected chi connectivity index (χ0v) is 12.5. The van der Waals surface area contributed by atoms with Crippen LogP contribution in [0.25, 0.3) is 32.9 Å². The Morgan fingerprint density at radius 3 is 2.33 bits per heavy atom. The van der Waals surface area contributed by atoms with Gasteiger partial charge in [-0.25, -0.2) is 0 Å². The molecule has 1 nitrogen and oxygen atoms in total. The van der Waals surface area contributed by atoms with Crippen LogP contribution < -0.4 is 0 Å². The van der Waals surface area contributed by atoms with Crippen LogP contribution in [0.15, 0.2) is 54.6 Å². The first-order valence-electron chi connectivity index (χ1n) is 6.60. The number of rotatable bonds is 1. The minimum atomic E-state index is 0.519. The van der Waals surface area contributed by atoms with Crippen molar-refractivity contribution in [3.63, 3.8) is 0 Å². The Labute approximate surface area is 132 Å². The summed E-state index contributed by atoms with van der Waals surface area (Å²) in [7, 11) is 0. The van der Waals surface area contributed by atoms with Gasteiger partial charge >= 0.3 is 0 Å². The normalized spacial score (nSPS) is 11.3. The molecule has 4 aromatic rings. The Kier molecular flexibility index (Phi) is 2.91. The molecule has 0 spiro atoms. The van der Waals surface area contributed by atoms with Crippen LogP contribution in [0.2, 0.25) is 10.0 Å². The topological polar surface area (TPSA) is 15.8 Å². The molecule has 0 aliphatic rings. The molecule has 3 aromatic carbocycles. The van der Waals surface area contributed by atoms with Gasteiger partial charge in [0.1, 0.15) is 0 Å². The molecule has 0 unspecified atom stereocenters. The number of benzene rings is 3. The zero-order chi connectivity index (χ0) is 14.4.